The Morgan fingerprint density at radius 2 is 2.35 bits per heavy atom. The molecule has 0 aliphatic carbocycles. The molecule has 3 heteroatoms. The normalized spacial score (nSPS) is 11.0. The molecular formula is C14H23NO2. The summed E-state index contributed by atoms with van der Waals surface area (Å²) in [5.74, 6) is 1.55. The van der Waals surface area contributed by atoms with Gasteiger partial charge in [-0.1, -0.05) is 19.9 Å². The van der Waals surface area contributed by atoms with Crippen LogP contribution in [-0.4, -0.2) is 13.2 Å². The topological polar surface area (TPSA) is 34.4 Å². The molecule has 17 heavy (non-hydrogen) atoms. The quantitative estimate of drug-likeness (QED) is 0.529. The Bertz CT molecular complexity index is 318. The van der Waals surface area contributed by atoms with Gasteiger partial charge in [0.05, 0.1) is 12.9 Å². The van der Waals surface area contributed by atoms with E-state index in [1.807, 2.05) is 12.1 Å². The van der Waals surface area contributed by atoms with Crippen LogP contribution in [0.1, 0.15) is 31.6 Å². The van der Waals surface area contributed by atoms with Crippen molar-refractivity contribution in [3.05, 3.63) is 36.3 Å². The predicted octanol–water partition coefficient (Wildman–Crippen LogP) is 3.12. The lowest BCUT2D eigenvalue weighted by Gasteiger charge is -2.04. The molecule has 0 bridgehead atoms. The fourth-order valence-corrected chi connectivity index (χ4v) is 1.44. The fourth-order valence-electron chi connectivity index (χ4n) is 1.44. The summed E-state index contributed by atoms with van der Waals surface area (Å²) in [5, 5.41) is 3.38. The molecule has 3 nitrogen and oxygen atoms in total. The van der Waals surface area contributed by atoms with Crippen molar-refractivity contribution in [3.63, 3.8) is 0 Å². The Morgan fingerprint density at radius 1 is 1.53 bits per heavy atom. The van der Waals surface area contributed by atoms with Gasteiger partial charge in [-0.2, -0.15) is 0 Å². The van der Waals surface area contributed by atoms with Gasteiger partial charge in [0.15, 0.2) is 0 Å². The van der Waals surface area contributed by atoms with Crippen LogP contribution in [-0.2, 0) is 17.9 Å². The van der Waals surface area contributed by atoms with Gasteiger partial charge in [-0.3, -0.25) is 0 Å². The highest BCUT2D eigenvalue weighted by molar-refractivity contribution is 5.11. The van der Waals surface area contributed by atoms with Gasteiger partial charge in [-0.05, 0) is 24.9 Å². The van der Waals surface area contributed by atoms with Crippen molar-refractivity contribution < 1.29 is 9.15 Å². The van der Waals surface area contributed by atoms with Crippen LogP contribution in [0.3, 0.4) is 0 Å². The monoisotopic (exact) mass is 237 g/mol. The zero-order valence-electron chi connectivity index (χ0n) is 10.9. The summed E-state index contributed by atoms with van der Waals surface area (Å²) < 4.78 is 10.8. The zero-order chi connectivity index (χ0) is 12.5. The molecule has 1 aromatic rings. The molecule has 0 spiro atoms. The molecule has 96 valence electrons. The highest BCUT2D eigenvalue weighted by Crippen LogP contribution is 2.09. The average Bonchev–Trinajstić information content (AvgIpc) is 2.72. The first kappa shape index (κ1) is 14.0. The van der Waals surface area contributed by atoms with Crippen LogP contribution in [0, 0.1) is 5.92 Å². The summed E-state index contributed by atoms with van der Waals surface area (Å²) in [6.07, 6.45) is 4.52. The maximum absolute atomic E-state index is 5.43. The van der Waals surface area contributed by atoms with E-state index in [9.17, 15) is 0 Å². The predicted molar refractivity (Wildman–Crippen MR) is 69.7 cm³/mol. The molecule has 0 aliphatic rings. The number of hydrogen-bond donors (Lipinski definition) is 1. The van der Waals surface area contributed by atoms with Gasteiger partial charge in [-0.25, -0.2) is 0 Å². The van der Waals surface area contributed by atoms with Gasteiger partial charge < -0.3 is 14.5 Å². The highest BCUT2D eigenvalue weighted by Gasteiger charge is 2.02. The summed E-state index contributed by atoms with van der Waals surface area (Å²) in [6, 6.07) is 2.04. The smallest absolute Gasteiger partial charge is 0.129 e. The third-order valence-electron chi connectivity index (χ3n) is 2.30. The molecule has 0 atom stereocenters. The van der Waals surface area contributed by atoms with Gasteiger partial charge in [0, 0.05) is 12.1 Å². The van der Waals surface area contributed by atoms with E-state index in [4.69, 9.17) is 9.15 Å². The summed E-state index contributed by atoms with van der Waals surface area (Å²) in [6.45, 7) is 11.2. The van der Waals surface area contributed by atoms with Crippen molar-refractivity contribution in [1.29, 1.82) is 0 Å². The molecule has 0 radical (unpaired) electrons. The minimum atomic E-state index is 0.540. The van der Waals surface area contributed by atoms with Gasteiger partial charge in [0.2, 0.25) is 0 Å². The van der Waals surface area contributed by atoms with Crippen molar-refractivity contribution in [2.75, 3.05) is 13.2 Å². The van der Waals surface area contributed by atoms with Crippen LogP contribution in [0.5, 0.6) is 0 Å². The van der Waals surface area contributed by atoms with Crippen LogP contribution in [0.15, 0.2) is 29.4 Å². The first-order chi connectivity index (χ1) is 8.22. The average molecular weight is 237 g/mol. The Hall–Kier alpha value is -1.06. The van der Waals surface area contributed by atoms with E-state index in [0.29, 0.717) is 19.1 Å². The molecule has 0 fully saturated rings. The van der Waals surface area contributed by atoms with E-state index in [0.717, 1.165) is 25.3 Å². The zero-order valence-corrected chi connectivity index (χ0v) is 10.9. The van der Waals surface area contributed by atoms with Gasteiger partial charge in [0.25, 0.3) is 0 Å². The standard InChI is InChI=1S/C14H23NO2/c1-4-5-6-16-11-14-7-13(10-17-14)9-15-8-12(2)3/h4,7,10,12,15H,1,5-6,8-9,11H2,2-3H3. The van der Waals surface area contributed by atoms with E-state index >= 15 is 0 Å². The van der Waals surface area contributed by atoms with E-state index in [1.54, 1.807) is 6.26 Å². The number of nitrogens with one attached hydrogen (secondary N) is 1. The van der Waals surface area contributed by atoms with E-state index < -0.39 is 0 Å². The Morgan fingerprint density at radius 3 is 3.06 bits per heavy atom. The Labute approximate surface area is 104 Å². The van der Waals surface area contributed by atoms with Crippen LogP contribution in [0.2, 0.25) is 0 Å². The molecule has 0 unspecified atom stereocenters. The van der Waals surface area contributed by atoms with Crippen molar-refractivity contribution in [2.45, 2.75) is 33.4 Å². The first-order valence-corrected chi connectivity index (χ1v) is 6.18. The molecule has 0 aromatic carbocycles. The highest BCUT2D eigenvalue weighted by atomic mass is 16.5. The summed E-state index contributed by atoms with van der Waals surface area (Å²) in [7, 11) is 0. The number of furan rings is 1. The van der Waals surface area contributed by atoms with Crippen molar-refractivity contribution in [2.24, 2.45) is 5.92 Å². The molecule has 1 N–H and O–H groups in total. The van der Waals surface area contributed by atoms with E-state index in [2.05, 4.69) is 25.7 Å². The van der Waals surface area contributed by atoms with E-state index in [1.165, 1.54) is 5.56 Å². The van der Waals surface area contributed by atoms with E-state index in [-0.39, 0.29) is 0 Å². The van der Waals surface area contributed by atoms with Crippen LogP contribution in [0.4, 0.5) is 0 Å². The first-order valence-electron chi connectivity index (χ1n) is 6.18. The van der Waals surface area contributed by atoms with Gasteiger partial charge in [0.1, 0.15) is 12.4 Å². The maximum Gasteiger partial charge on any atom is 0.129 e. The van der Waals surface area contributed by atoms with Crippen molar-refractivity contribution in [3.8, 4) is 0 Å². The lowest BCUT2D eigenvalue weighted by molar-refractivity contribution is 0.110. The minimum absolute atomic E-state index is 0.540. The summed E-state index contributed by atoms with van der Waals surface area (Å²) in [4.78, 5) is 0. The third kappa shape index (κ3) is 6.29. The van der Waals surface area contributed by atoms with Gasteiger partial charge in [-0.15, -0.1) is 6.58 Å². The third-order valence-corrected chi connectivity index (χ3v) is 2.30. The second-order valence-corrected chi connectivity index (χ2v) is 4.58. The summed E-state index contributed by atoms with van der Waals surface area (Å²) >= 11 is 0. The SMILES string of the molecule is C=CCCOCc1cc(CNCC(C)C)co1. The lowest BCUT2D eigenvalue weighted by atomic mass is 10.2. The second-order valence-electron chi connectivity index (χ2n) is 4.58. The molecule has 1 aromatic heterocycles. The molecule has 0 amide bonds. The maximum atomic E-state index is 5.43. The minimum Gasteiger partial charge on any atom is -0.467 e. The molecule has 0 aliphatic heterocycles. The molecule has 0 saturated heterocycles. The lowest BCUT2D eigenvalue weighted by Crippen LogP contribution is -2.18. The number of ether oxygens (including phenoxy) is 1. The molecule has 1 rings (SSSR count). The molecule has 0 saturated carbocycles. The van der Waals surface area contributed by atoms with Crippen LogP contribution in [0.25, 0.3) is 0 Å². The molecule has 1 heterocycles. The van der Waals surface area contributed by atoms with Crippen LogP contribution < -0.4 is 5.32 Å². The summed E-state index contributed by atoms with van der Waals surface area (Å²) in [5.41, 5.74) is 1.17. The Balaban J connectivity index is 2.20. The Kier molecular flexibility index (Phi) is 6.67. The number of rotatable bonds is 9. The van der Waals surface area contributed by atoms with Crippen molar-refractivity contribution >= 4 is 0 Å². The fraction of sp³-hybridized carbons (Fsp3) is 0.571. The van der Waals surface area contributed by atoms with Crippen LogP contribution >= 0.6 is 0 Å². The molecular weight excluding hydrogens is 214 g/mol. The number of hydrogen-bond acceptors (Lipinski definition) is 3. The van der Waals surface area contributed by atoms with Gasteiger partial charge >= 0.3 is 0 Å². The second kappa shape index (κ2) is 8.09. The van der Waals surface area contributed by atoms with Crippen molar-refractivity contribution in [1.82, 2.24) is 5.32 Å². The largest absolute Gasteiger partial charge is 0.467 e.